The average Bonchev–Trinajstić information content (AvgIpc) is 2.50. The number of alkyl carbamates (subject to hydrolysis) is 1. The topological polar surface area (TPSA) is 90.6 Å². The summed E-state index contributed by atoms with van der Waals surface area (Å²) in [5.41, 5.74) is 4.65. The number of nitrogens with two attached hydrogens (primary N) is 1. The number of rotatable bonds is 7. The maximum Gasteiger partial charge on any atom is 0.408 e. The van der Waals surface area contributed by atoms with E-state index in [1.165, 1.54) is 7.11 Å². The summed E-state index contributed by atoms with van der Waals surface area (Å²) in [5, 5.41) is 2.73. The molecule has 0 fully saturated rings. The van der Waals surface area contributed by atoms with Crippen LogP contribution in [-0.4, -0.2) is 36.9 Å². The molecule has 1 rings (SSSR count). The number of ether oxygens (including phenoxy) is 2. The van der Waals surface area contributed by atoms with Crippen molar-refractivity contribution in [2.45, 2.75) is 51.2 Å². The molecule has 1 amide bonds. The van der Waals surface area contributed by atoms with Crippen LogP contribution in [0.5, 0.6) is 0 Å². The van der Waals surface area contributed by atoms with E-state index in [1.54, 1.807) is 20.8 Å². The molecular weight excluding hydrogens is 308 g/mol. The molecule has 1 aromatic rings. The van der Waals surface area contributed by atoms with E-state index in [0.717, 1.165) is 5.56 Å². The molecule has 0 unspecified atom stereocenters. The van der Waals surface area contributed by atoms with Crippen LogP contribution in [-0.2, 0) is 20.7 Å². The van der Waals surface area contributed by atoms with Crippen LogP contribution in [0.1, 0.15) is 39.2 Å². The van der Waals surface area contributed by atoms with E-state index in [9.17, 15) is 9.59 Å². The molecule has 0 aliphatic heterocycles. The fraction of sp³-hybridized carbons (Fsp3) is 0.556. The Bertz CT molecular complexity index is 540. The monoisotopic (exact) mass is 336 g/mol. The van der Waals surface area contributed by atoms with Crippen molar-refractivity contribution < 1.29 is 19.1 Å². The standard InChI is InChI=1S/C18H28N2O4/c1-17(2,3)24-16(22)20-18(11-8-12-19,15(21)23-4)13-14-9-6-5-7-10-14/h5-7,9-10H,8,11-13,19H2,1-4H3,(H,20,22)/t18-/m0/s1. The molecular formula is C18H28N2O4. The zero-order chi connectivity index (χ0) is 18.2. The van der Waals surface area contributed by atoms with E-state index in [4.69, 9.17) is 15.2 Å². The van der Waals surface area contributed by atoms with Crippen molar-refractivity contribution in [3.8, 4) is 0 Å². The fourth-order valence-electron chi connectivity index (χ4n) is 2.46. The van der Waals surface area contributed by atoms with E-state index >= 15 is 0 Å². The molecule has 0 aliphatic carbocycles. The number of carbonyl (C=O) groups is 2. The number of benzene rings is 1. The second-order valence-corrected chi connectivity index (χ2v) is 6.76. The molecule has 0 aromatic heterocycles. The Hall–Kier alpha value is -2.08. The number of carbonyl (C=O) groups excluding carboxylic acids is 2. The third-order valence-corrected chi connectivity index (χ3v) is 3.47. The van der Waals surface area contributed by atoms with Gasteiger partial charge in [0.1, 0.15) is 11.1 Å². The molecule has 0 aliphatic rings. The van der Waals surface area contributed by atoms with Crippen LogP contribution in [0.2, 0.25) is 0 Å². The Morgan fingerprint density at radius 3 is 2.29 bits per heavy atom. The quantitative estimate of drug-likeness (QED) is 0.746. The minimum absolute atomic E-state index is 0.305. The Morgan fingerprint density at radius 1 is 1.17 bits per heavy atom. The van der Waals surface area contributed by atoms with E-state index in [2.05, 4.69) is 5.32 Å². The molecule has 0 heterocycles. The fourth-order valence-corrected chi connectivity index (χ4v) is 2.46. The number of nitrogens with one attached hydrogen (secondary N) is 1. The molecule has 0 radical (unpaired) electrons. The first-order valence-corrected chi connectivity index (χ1v) is 8.06. The van der Waals surface area contributed by atoms with Crippen molar-refractivity contribution in [2.24, 2.45) is 5.73 Å². The summed E-state index contributed by atoms with van der Waals surface area (Å²) in [6.45, 7) is 5.71. The summed E-state index contributed by atoms with van der Waals surface area (Å²) >= 11 is 0. The molecule has 1 atom stereocenters. The van der Waals surface area contributed by atoms with Crippen molar-refractivity contribution in [3.63, 3.8) is 0 Å². The van der Waals surface area contributed by atoms with E-state index in [0.29, 0.717) is 25.8 Å². The lowest BCUT2D eigenvalue weighted by Gasteiger charge is -2.33. The first-order valence-electron chi connectivity index (χ1n) is 8.06. The van der Waals surface area contributed by atoms with Crippen LogP contribution in [0.25, 0.3) is 0 Å². The molecule has 0 spiro atoms. The van der Waals surface area contributed by atoms with Gasteiger partial charge in [-0.15, -0.1) is 0 Å². The molecule has 6 heteroatoms. The lowest BCUT2D eigenvalue weighted by Crippen LogP contribution is -2.57. The van der Waals surface area contributed by atoms with E-state index in [1.807, 2.05) is 30.3 Å². The average molecular weight is 336 g/mol. The highest BCUT2D eigenvalue weighted by Gasteiger charge is 2.41. The van der Waals surface area contributed by atoms with Crippen LogP contribution in [0.3, 0.4) is 0 Å². The lowest BCUT2D eigenvalue weighted by atomic mass is 9.86. The zero-order valence-corrected chi connectivity index (χ0v) is 14.9. The smallest absolute Gasteiger partial charge is 0.408 e. The molecule has 134 valence electrons. The molecule has 3 N–H and O–H groups in total. The molecule has 0 saturated heterocycles. The first kappa shape index (κ1) is 20.0. The third kappa shape index (κ3) is 6.20. The van der Waals surface area contributed by atoms with Crippen LogP contribution >= 0.6 is 0 Å². The van der Waals surface area contributed by atoms with Crippen molar-refractivity contribution in [3.05, 3.63) is 35.9 Å². The van der Waals surface area contributed by atoms with Gasteiger partial charge in [0.15, 0.2) is 0 Å². The Kier molecular flexibility index (Phi) is 7.22. The first-order chi connectivity index (χ1) is 11.2. The van der Waals surface area contributed by atoms with Crippen molar-refractivity contribution in [1.82, 2.24) is 5.32 Å². The summed E-state index contributed by atoms with van der Waals surface area (Å²) in [4.78, 5) is 24.8. The van der Waals surface area contributed by atoms with Gasteiger partial charge in [-0.05, 0) is 45.7 Å². The number of hydrogen-bond donors (Lipinski definition) is 2. The highest BCUT2D eigenvalue weighted by Crippen LogP contribution is 2.22. The van der Waals surface area contributed by atoms with Gasteiger partial charge in [-0.1, -0.05) is 30.3 Å². The van der Waals surface area contributed by atoms with Gasteiger partial charge in [-0.2, -0.15) is 0 Å². The Labute approximate surface area is 143 Å². The molecule has 0 bridgehead atoms. The van der Waals surface area contributed by atoms with Gasteiger partial charge >= 0.3 is 12.1 Å². The number of esters is 1. The molecule has 1 aromatic carbocycles. The van der Waals surface area contributed by atoms with Gasteiger partial charge in [0.25, 0.3) is 0 Å². The summed E-state index contributed by atoms with van der Waals surface area (Å²) < 4.78 is 10.3. The largest absolute Gasteiger partial charge is 0.467 e. The Balaban J connectivity index is 3.10. The van der Waals surface area contributed by atoms with Gasteiger partial charge in [0.2, 0.25) is 0 Å². The summed E-state index contributed by atoms with van der Waals surface area (Å²) in [5.74, 6) is -0.509. The van der Waals surface area contributed by atoms with Crippen LogP contribution in [0.4, 0.5) is 4.79 Å². The molecule has 24 heavy (non-hydrogen) atoms. The lowest BCUT2D eigenvalue weighted by molar-refractivity contribution is -0.149. The highest BCUT2D eigenvalue weighted by atomic mass is 16.6. The predicted octanol–water partition coefficient (Wildman–Crippen LogP) is 2.40. The van der Waals surface area contributed by atoms with Crippen LogP contribution in [0.15, 0.2) is 30.3 Å². The van der Waals surface area contributed by atoms with E-state index in [-0.39, 0.29) is 0 Å². The van der Waals surface area contributed by atoms with Crippen molar-refractivity contribution in [1.29, 1.82) is 0 Å². The number of methoxy groups -OCH3 is 1. The van der Waals surface area contributed by atoms with Gasteiger partial charge in [0, 0.05) is 6.42 Å². The van der Waals surface area contributed by atoms with Gasteiger partial charge < -0.3 is 20.5 Å². The minimum atomic E-state index is -1.21. The second-order valence-electron chi connectivity index (χ2n) is 6.76. The Morgan fingerprint density at radius 2 is 1.79 bits per heavy atom. The second kappa shape index (κ2) is 8.68. The van der Waals surface area contributed by atoms with Gasteiger partial charge in [-0.3, -0.25) is 0 Å². The van der Waals surface area contributed by atoms with Crippen molar-refractivity contribution >= 4 is 12.1 Å². The van der Waals surface area contributed by atoms with Gasteiger partial charge in [-0.25, -0.2) is 9.59 Å². The third-order valence-electron chi connectivity index (χ3n) is 3.47. The number of amides is 1. The maximum absolute atomic E-state index is 12.5. The molecule has 0 saturated carbocycles. The molecule has 6 nitrogen and oxygen atoms in total. The zero-order valence-electron chi connectivity index (χ0n) is 14.9. The maximum atomic E-state index is 12.5. The number of hydrogen-bond acceptors (Lipinski definition) is 5. The van der Waals surface area contributed by atoms with Crippen molar-refractivity contribution in [2.75, 3.05) is 13.7 Å². The van der Waals surface area contributed by atoms with Gasteiger partial charge in [0.05, 0.1) is 7.11 Å². The summed E-state index contributed by atoms with van der Waals surface area (Å²) in [6.07, 6.45) is 0.586. The summed E-state index contributed by atoms with van der Waals surface area (Å²) in [6, 6.07) is 9.46. The SMILES string of the molecule is COC(=O)[C@](CCCN)(Cc1ccccc1)NC(=O)OC(C)(C)C. The normalized spacial score (nSPS) is 13.7. The predicted molar refractivity (Wildman–Crippen MR) is 92.6 cm³/mol. The van der Waals surface area contributed by atoms with Crippen LogP contribution in [0, 0.1) is 0 Å². The minimum Gasteiger partial charge on any atom is -0.467 e. The van der Waals surface area contributed by atoms with E-state index < -0.39 is 23.2 Å². The van der Waals surface area contributed by atoms with Crippen LogP contribution < -0.4 is 11.1 Å². The highest BCUT2D eigenvalue weighted by molar-refractivity contribution is 5.86. The summed E-state index contributed by atoms with van der Waals surface area (Å²) in [7, 11) is 1.31.